The molecule has 0 unspecified atom stereocenters. The number of hydrogen-bond acceptors (Lipinski definition) is 3. The Hall–Kier alpha value is -2.44. The second-order valence-corrected chi connectivity index (χ2v) is 3.73. The molecule has 7 heteroatoms. The smallest absolute Gasteiger partial charge is 0.258 e. The Balaban J connectivity index is 2.46. The molecule has 98 valence electrons. The molecule has 0 fully saturated rings. The van der Waals surface area contributed by atoms with E-state index in [0.717, 1.165) is 18.3 Å². The van der Waals surface area contributed by atoms with Crippen molar-refractivity contribution in [3.05, 3.63) is 58.4 Å². The zero-order valence-corrected chi connectivity index (χ0v) is 9.39. The number of nitro groups is 1. The second kappa shape index (κ2) is 4.68. The van der Waals surface area contributed by atoms with Crippen molar-refractivity contribution in [1.29, 1.82) is 0 Å². The lowest BCUT2D eigenvalue weighted by Gasteiger charge is -2.07. The minimum Gasteiger partial charge on any atom is -0.258 e. The molecule has 1 aromatic heterocycles. The van der Waals surface area contributed by atoms with E-state index in [1.54, 1.807) is 0 Å². The molecule has 0 saturated heterocycles. The largest absolute Gasteiger partial charge is 0.416 e. The number of rotatable bonds is 2. The lowest BCUT2D eigenvalue weighted by molar-refractivity contribution is -0.384. The van der Waals surface area contributed by atoms with Gasteiger partial charge >= 0.3 is 6.18 Å². The van der Waals surface area contributed by atoms with Gasteiger partial charge in [-0.25, -0.2) is 0 Å². The molecule has 1 aromatic carbocycles. The third-order valence-corrected chi connectivity index (χ3v) is 2.52. The van der Waals surface area contributed by atoms with Crippen LogP contribution in [-0.2, 0) is 6.18 Å². The summed E-state index contributed by atoms with van der Waals surface area (Å²) in [6, 6.07) is 5.57. The predicted molar refractivity (Wildman–Crippen MR) is 61.3 cm³/mol. The monoisotopic (exact) mass is 268 g/mol. The number of benzene rings is 1. The van der Waals surface area contributed by atoms with Gasteiger partial charge in [0.15, 0.2) is 0 Å². The lowest BCUT2D eigenvalue weighted by atomic mass is 10.0. The van der Waals surface area contributed by atoms with Crippen LogP contribution >= 0.6 is 0 Å². The predicted octanol–water partition coefficient (Wildman–Crippen LogP) is 3.68. The lowest BCUT2D eigenvalue weighted by Crippen LogP contribution is -2.04. The summed E-state index contributed by atoms with van der Waals surface area (Å²) in [6.45, 7) is 0. The van der Waals surface area contributed by atoms with E-state index in [1.807, 2.05) is 0 Å². The Morgan fingerprint density at radius 2 is 1.74 bits per heavy atom. The summed E-state index contributed by atoms with van der Waals surface area (Å²) in [4.78, 5) is 13.8. The van der Waals surface area contributed by atoms with Crippen LogP contribution in [0.3, 0.4) is 0 Å². The van der Waals surface area contributed by atoms with E-state index in [2.05, 4.69) is 4.98 Å². The van der Waals surface area contributed by atoms with Crippen LogP contribution in [0.4, 0.5) is 18.9 Å². The molecule has 0 saturated carbocycles. The summed E-state index contributed by atoms with van der Waals surface area (Å²) in [5.74, 6) is 0. The van der Waals surface area contributed by atoms with Crippen LogP contribution in [-0.4, -0.2) is 9.91 Å². The second-order valence-electron chi connectivity index (χ2n) is 3.73. The standard InChI is InChI=1S/C12H7F3N2O2/c13-12(14,15)9-3-1-8(2-4-9)10-5-6-16-7-11(10)17(18)19/h1-7H. The van der Waals surface area contributed by atoms with Crippen molar-refractivity contribution in [3.8, 4) is 11.1 Å². The van der Waals surface area contributed by atoms with E-state index in [1.165, 1.54) is 24.4 Å². The quantitative estimate of drug-likeness (QED) is 0.616. The Bertz CT molecular complexity index is 609. The number of hydrogen-bond donors (Lipinski definition) is 0. The molecule has 0 amide bonds. The van der Waals surface area contributed by atoms with Crippen molar-refractivity contribution in [3.63, 3.8) is 0 Å². The van der Waals surface area contributed by atoms with Crippen LogP contribution in [0.15, 0.2) is 42.7 Å². The fourth-order valence-corrected chi connectivity index (χ4v) is 1.61. The number of nitrogens with zero attached hydrogens (tertiary/aromatic N) is 2. The Morgan fingerprint density at radius 3 is 2.26 bits per heavy atom. The summed E-state index contributed by atoms with van der Waals surface area (Å²) in [5.41, 5.74) is -0.481. The molecule has 4 nitrogen and oxygen atoms in total. The highest BCUT2D eigenvalue weighted by atomic mass is 19.4. The normalized spacial score (nSPS) is 11.3. The first kappa shape index (κ1) is 13.0. The molecule has 0 N–H and O–H groups in total. The van der Waals surface area contributed by atoms with Gasteiger partial charge in [-0.3, -0.25) is 15.1 Å². The van der Waals surface area contributed by atoms with Crippen LogP contribution in [0.25, 0.3) is 11.1 Å². The van der Waals surface area contributed by atoms with Gasteiger partial charge in [0.25, 0.3) is 5.69 Å². The van der Waals surface area contributed by atoms with Crippen molar-refractivity contribution in [2.45, 2.75) is 6.18 Å². The summed E-state index contributed by atoms with van der Waals surface area (Å²) in [6.07, 6.45) is -2.02. The van der Waals surface area contributed by atoms with Gasteiger partial charge in [-0.15, -0.1) is 0 Å². The van der Waals surface area contributed by atoms with Crippen molar-refractivity contribution in [2.75, 3.05) is 0 Å². The van der Waals surface area contributed by atoms with Crippen LogP contribution in [0.1, 0.15) is 5.56 Å². The summed E-state index contributed by atoms with van der Waals surface area (Å²) in [7, 11) is 0. The minimum absolute atomic E-state index is 0.230. The molecule has 0 aliphatic carbocycles. The van der Waals surface area contributed by atoms with Crippen molar-refractivity contribution in [2.24, 2.45) is 0 Å². The van der Waals surface area contributed by atoms with E-state index in [4.69, 9.17) is 0 Å². The highest BCUT2D eigenvalue weighted by molar-refractivity contribution is 5.72. The summed E-state index contributed by atoms with van der Waals surface area (Å²) >= 11 is 0. The Labute approximate surface area is 105 Å². The van der Waals surface area contributed by atoms with Crippen LogP contribution in [0, 0.1) is 10.1 Å². The first-order valence-electron chi connectivity index (χ1n) is 5.15. The van der Waals surface area contributed by atoms with E-state index < -0.39 is 16.7 Å². The third kappa shape index (κ3) is 2.70. The number of aromatic nitrogens is 1. The number of pyridine rings is 1. The van der Waals surface area contributed by atoms with Gasteiger partial charge in [0.05, 0.1) is 16.1 Å². The van der Waals surface area contributed by atoms with Gasteiger partial charge in [-0.05, 0) is 23.8 Å². The van der Waals surface area contributed by atoms with E-state index in [0.29, 0.717) is 5.56 Å². The van der Waals surface area contributed by atoms with E-state index in [9.17, 15) is 23.3 Å². The van der Waals surface area contributed by atoms with Crippen molar-refractivity contribution >= 4 is 5.69 Å². The van der Waals surface area contributed by atoms with Gasteiger partial charge in [0.1, 0.15) is 6.20 Å². The molecular weight excluding hydrogens is 261 g/mol. The molecule has 1 heterocycles. The summed E-state index contributed by atoms with van der Waals surface area (Å²) in [5, 5.41) is 10.8. The molecule has 0 aliphatic heterocycles. The van der Waals surface area contributed by atoms with Gasteiger partial charge in [-0.2, -0.15) is 13.2 Å². The fraction of sp³-hybridized carbons (Fsp3) is 0.0833. The van der Waals surface area contributed by atoms with Gasteiger partial charge in [0.2, 0.25) is 0 Å². The highest BCUT2D eigenvalue weighted by Gasteiger charge is 2.30. The third-order valence-electron chi connectivity index (χ3n) is 2.52. The maximum Gasteiger partial charge on any atom is 0.416 e. The van der Waals surface area contributed by atoms with Crippen LogP contribution in [0.2, 0.25) is 0 Å². The van der Waals surface area contributed by atoms with E-state index >= 15 is 0 Å². The molecular formula is C12H7F3N2O2. The van der Waals surface area contributed by atoms with Crippen LogP contribution in [0.5, 0.6) is 0 Å². The van der Waals surface area contributed by atoms with Crippen molar-refractivity contribution in [1.82, 2.24) is 4.98 Å². The first-order valence-corrected chi connectivity index (χ1v) is 5.15. The van der Waals surface area contributed by atoms with Gasteiger partial charge in [0, 0.05) is 6.20 Å². The van der Waals surface area contributed by atoms with Gasteiger partial charge < -0.3 is 0 Å². The molecule has 0 radical (unpaired) electrons. The molecule has 2 aromatic rings. The molecule has 2 rings (SSSR count). The zero-order valence-electron chi connectivity index (χ0n) is 9.39. The minimum atomic E-state index is -4.43. The topological polar surface area (TPSA) is 56.0 Å². The number of alkyl halides is 3. The highest BCUT2D eigenvalue weighted by Crippen LogP contribution is 2.33. The first-order chi connectivity index (χ1) is 8.89. The Kier molecular flexibility index (Phi) is 3.20. The molecule has 0 bridgehead atoms. The SMILES string of the molecule is O=[N+]([O-])c1cnccc1-c1ccc(C(F)(F)F)cc1. The molecule has 0 aliphatic rings. The van der Waals surface area contributed by atoms with E-state index in [-0.39, 0.29) is 11.3 Å². The Morgan fingerprint density at radius 1 is 1.11 bits per heavy atom. The maximum atomic E-state index is 12.4. The van der Waals surface area contributed by atoms with Crippen molar-refractivity contribution < 1.29 is 18.1 Å². The average Bonchev–Trinajstić information content (AvgIpc) is 2.38. The maximum absolute atomic E-state index is 12.4. The summed E-state index contributed by atoms with van der Waals surface area (Å²) < 4.78 is 37.2. The molecule has 19 heavy (non-hydrogen) atoms. The number of halogens is 3. The zero-order chi connectivity index (χ0) is 14.0. The average molecular weight is 268 g/mol. The molecule has 0 spiro atoms. The fourth-order valence-electron chi connectivity index (χ4n) is 1.61. The molecule has 0 atom stereocenters. The van der Waals surface area contributed by atoms with Gasteiger partial charge in [-0.1, -0.05) is 12.1 Å². The van der Waals surface area contributed by atoms with Crippen LogP contribution < -0.4 is 0 Å².